The Morgan fingerprint density at radius 1 is 1.10 bits per heavy atom. The Kier molecular flexibility index (Phi) is 7.83. The highest BCUT2D eigenvalue weighted by Gasteiger charge is 2.56. The highest BCUT2D eigenvalue weighted by atomic mass is 32.2. The summed E-state index contributed by atoms with van der Waals surface area (Å²) in [4.78, 5) is 10.9. The van der Waals surface area contributed by atoms with Gasteiger partial charge < -0.3 is 5.11 Å². The number of unbranched alkanes of at least 4 members (excludes halogenated alkanes) is 2. The molecule has 0 aromatic heterocycles. The van der Waals surface area contributed by atoms with Crippen LogP contribution in [0, 0.1) is 5.92 Å². The van der Waals surface area contributed by atoms with Crippen LogP contribution in [0.15, 0.2) is 0 Å². The fourth-order valence-electron chi connectivity index (χ4n) is 1.53. The Bertz CT molecular complexity index is 305. The van der Waals surface area contributed by atoms with Gasteiger partial charge in [-0.25, -0.2) is 0 Å². The SMILES string of the molecule is CC(C)C(SCCCCCC(F)(F)C(F)(F)F)C(=O)O. The van der Waals surface area contributed by atoms with Crippen molar-refractivity contribution in [1.82, 2.24) is 0 Å². The first-order valence-electron chi connectivity index (χ1n) is 6.28. The summed E-state index contributed by atoms with van der Waals surface area (Å²) in [5, 5.41) is 8.32. The first kappa shape index (κ1) is 19.5. The zero-order valence-electron chi connectivity index (χ0n) is 11.3. The van der Waals surface area contributed by atoms with Gasteiger partial charge in [0.1, 0.15) is 5.25 Å². The zero-order chi connectivity index (χ0) is 16.0. The van der Waals surface area contributed by atoms with Gasteiger partial charge in [0.2, 0.25) is 0 Å². The third kappa shape index (κ3) is 6.76. The van der Waals surface area contributed by atoms with Gasteiger partial charge in [0.25, 0.3) is 0 Å². The molecule has 0 aliphatic heterocycles. The predicted octanol–water partition coefficient (Wildman–Crippen LogP) is 4.59. The molecule has 0 aliphatic rings. The maximum Gasteiger partial charge on any atom is 0.453 e. The Morgan fingerprint density at radius 3 is 2.05 bits per heavy atom. The molecule has 1 unspecified atom stereocenters. The summed E-state index contributed by atoms with van der Waals surface area (Å²) in [5.74, 6) is -5.20. The Morgan fingerprint density at radius 2 is 1.65 bits per heavy atom. The van der Waals surface area contributed by atoms with Crippen LogP contribution >= 0.6 is 11.8 Å². The van der Waals surface area contributed by atoms with E-state index in [1.165, 1.54) is 11.8 Å². The van der Waals surface area contributed by atoms with Crippen molar-refractivity contribution in [2.24, 2.45) is 5.92 Å². The Hall–Kier alpha value is -0.530. The standard InChI is InChI=1S/C12H19F5O2S/c1-8(2)9(10(18)19)20-7-5-3-4-6-11(13,14)12(15,16)17/h8-9H,3-7H2,1-2H3,(H,18,19). The average molecular weight is 322 g/mol. The van der Waals surface area contributed by atoms with Crippen LogP contribution in [-0.2, 0) is 4.79 Å². The highest BCUT2D eigenvalue weighted by molar-refractivity contribution is 8.00. The van der Waals surface area contributed by atoms with Crippen molar-refractivity contribution in [1.29, 1.82) is 0 Å². The van der Waals surface area contributed by atoms with E-state index in [0.717, 1.165) is 0 Å². The molecule has 0 fully saturated rings. The number of rotatable bonds is 9. The molecule has 1 atom stereocenters. The Balaban J connectivity index is 3.86. The van der Waals surface area contributed by atoms with Crippen LogP contribution in [0.1, 0.15) is 39.5 Å². The molecular weight excluding hydrogens is 303 g/mol. The number of hydrogen-bond donors (Lipinski definition) is 1. The molecule has 0 rings (SSSR count). The molecule has 120 valence electrons. The van der Waals surface area contributed by atoms with Crippen LogP contribution in [0.4, 0.5) is 22.0 Å². The first-order chi connectivity index (χ1) is 8.99. The van der Waals surface area contributed by atoms with E-state index in [2.05, 4.69) is 0 Å². The second kappa shape index (κ2) is 8.05. The van der Waals surface area contributed by atoms with Gasteiger partial charge in [-0.2, -0.15) is 22.0 Å². The number of carboxylic acid groups (broad SMARTS) is 1. The number of alkyl halides is 5. The lowest BCUT2D eigenvalue weighted by Gasteiger charge is -2.19. The van der Waals surface area contributed by atoms with Gasteiger partial charge in [-0.05, 0) is 24.5 Å². The molecule has 20 heavy (non-hydrogen) atoms. The molecule has 0 amide bonds. The molecule has 0 aliphatic carbocycles. The lowest BCUT2D eigenvalue weighted by atomic mass is 10.1. The Labute approximate surface area is 119 Å². The molecule has 2 nitrogen and oxygen atoms in total. The van der Waals surface area contributed by atoms with Gasteiger partial charge in [-0.3, -0.25) is 4.79 Å². The van der Waals surface area contributed by atoms with E-state index in [1.807, 2.05) is 0 Å². The number of aliphatic carboxylic acids is 1. The lowest BCUT2D eigenvalue weighted by Crippen LogP contribution is -2.36. The second-order valence-electron chi connectivity index (χ2n) is 4.89. The summed E-state index contributed by atoms with van der Waals surface area (Å²) < 4.78 is 60.8. The average Bonchev–Trinajstić information content (AvgIpc) is 2.24. The third-order valence-electron chi connectivity index (χ3n) is 2.70. The minimum Gasteiger partial charge on any atom is -0.480 e. The van der Waals surface area contributed by atoms with Crippen LogP contribution < -0.4 is 0 Å². The molecule has 1 N–H and O–H groups in total. The second-order valence-corrected chi connectivity index (χ2v) is 6.14. The highest BCUT2D eigenvalue weighted by Crippen LogP contribution is 2.39. The maximum atomic E-state index is 12.6. The molecular formula is C12H19F5O2S. The van der Waals surface area contributed by atoms with Crippen LogP contribution in [0.5, 0.6) is 0 Å². The van der Waals surface area contributed by atoms with Crippen LogP contribution in [-0.4, -0.2) is 34.2 Å². The van der Waals surface area contributed by atoms with E-state index in [-0.39, 0.29) is 18.8 Å². The van der Waals surface area contributed by atoms with E-state index in [1.54, 1.807) is 13.8 Å². The maximum absolute atomic E-state index is 12.6. The van der Waals surface area contributed by atoms with Crippen molar-refractivity contribution in [2.75, 3.05) is 5.75 Å². The molecule has 0 aromatic rings. The fourth-order valence-corrected chi connectivity index (χ4v) is 2.68. The minimum absolute atomic E-state index is 0.0629. The van der Waals surface area contributed by atoms with Crippen molar-refractivity contribution in [2.45, 2.75) is 56.9 Å². The molecule has 0 aromatic carbocycles. The van der Waals surface area contributed by atoms with Gasteiger partial charge >= 0.3 is 18.1 Å². The number of thioether (sulfide) groups is 1. The topological polar surface area (TPSA) is 37.3 Å². The summed E-state index contributed by atoms with van der Waals surface area (Å²) in [6.45, 7) is 3.52. The summed E-state index contributed by atoms with van der Waals surface area (Å²) in [5.41, 5.74) is 0. The third-order valence-corrected chi connectivity index (χ3v) is 4.33. The van der Waals surface area contributed by atoms with Crippen molar-refractivity contribution in [3.05, 3.63) is 0 Å². The number of halogens is 5. The quantitative estimate of drug-likeness (QED) is 0.498. The number of hydrogen-bond acceptors (Lipinski definition) is 2. The van der Waals surface area contributed by atoms with Crippen LogP contribution in [0.25, 0.3) is 0 Å². The van der Waals surface area contributed by atoms with Crippen molar-refractivity contribution >= 4 is 17.7 Å². The zero-order valence-corrected chi connectivity index (χ0v) is 12.2. The molecule has 0 radical (unpaired) electrons. The molecule has 0 saturated heterocycles. The summed E-state index contributed by atoms with van der Waals surface area (Å²) in [7, 11) is 0. The van der Waals surface area contributed by atoms with E-state index >= 15 is 0 Å². The monoisotopic (exact) mass is 322 g/mol. The summed E-state index contributed by atoms with van der Waals surface area (Å²) in [6, 6.07) is 0. The normalized spacial score (nSPS) is 14.6. The largest absolute Gasteiger partial charge is 0.480 e. The van der Waals surface area contributed by atoms with E-state index in [0.29, 0.717) is 12.2 Å². The van der Waals surface area contributed by atoms with E-state index < -0.39 is 29.7 Å². The minimum atomic E-state index is -5.49. The van der Waals surface area contributed by atoms with Crippen LogP contribution in [0.3, 0.4) is 0 Å². The fraction of sp³-hybridized carbons (Fsp3) is 0.917. The smallest absolute Gasteiger partial charge is 0.453 e. The van der Waals surface area contributed by atoms with Gasteiger partial charge in [0.15, 0.2) is 0 Å². The molecule has 0 bridgehead atoms. The molecule has 8 heteroatoms. The first-order valence-corrected chi connectivity index (χ1v) is 7.33. The van der Waals surface area contributed by atoms with E-state index in [4.69, 9.17) is 5.11 Å². The van der Waals surface area contributed by atoms with Crippen molar-refractivity contribution in [3.63, 3.8) is 0 Å². The van der Waals surface area contributed by atoms with Crippen LogP contribution in [0.2, 0.25) is 0 Å². The summed E-state index contributed by atoms with van der Waals surface area (Å²) >= 11 is 1.19. The molecule has 0 saturated carbocycles. The van der Waals surface area contributed by atoms with Gasteiger partial charge in [0, 0.05) is 6.42 Å². The number of carbonyl (C=O) groups is 1. The molecule has 0 heterocycles. The predicted molar refractivity (Wildman–Crippen MR) is 68.2 cm³/mol. The molecule has 0 spiro atoms. The van der Waals surface area contributed by atoms with Gasteiger partial charge in [0.05, 0.1) is 0 Å². The van der Waals surface area contributed by atoms with Gasteiger partial charge in [-0.15, -0.1) is 11.8 Å². The lowest BCUT2D eigenvalue weighted by molar-refractivity contribution is -0.284. The number of carboxylic acids is 1. The summed E-state index contributed by atoms with van der Waals surface area (Å²) in [6.07, 6.45) is -6.29. The van der Waals surface area contributed by atoms with Gasteiger partial charge in [-0.1, -0.05) is 20.3 Å². The van der Waals surface area contributed by atoms with Crippen molar-refractivity contribution in [3.8, 4) is 0 Å². The van der Waals surface area contributed by atoms with E-state index in [9.17, 15) is 26.7 Å². The van der Waals surface area contributed by atoms with Crippen molar-refractivity contribution < 1.29 is 31.9 Å².